The van der Waals surface area contributed by atoms with E-state index in [2.05, 4.69) is 36.5 Å². The lowest BCUT2D eigenvalue weighted by Gasteiger charge is -2.32. The van der Waals surface area contributed by atoms with Crippen LogP contribution in [0.1, 0.15) is 40.9 Å². The van der Waals surface area contributed by atoms with Gasteiger partial charge >= 0.3 is 0 Å². The summed E-state index contributed by atoms with van der Waals surface area (Å²) >= 11 is 0. The van der Waals surface area contributed by atoms with Crippen LogP contribution in [0.3, 0.4) is 0 Å². The Morgan fingerprint density at radius 2 is 1.88 bits per heavy atom. The second kappa shape index (κ2) is 8.70. The fraction of sp³-hybridized carbons (Fsp3) is 0.429. The number of hydrogen-bond donors (Lipinski definition) is 1. The summed E-state index contributed by atoms with van der Waals surface area (Å²) in [4.78, 5) is 25.9. The Labute approximate surface area is 154 Å². The zero-order valence-corrected chi connectivity index (χ0v) is 15.2. The second-order valence-electron chi connectivity index (χ2n) is 7.01. The first-order chi connectivity index (χ1) is 12.6. The van der Waals surface area contributed by atoms with Gasteiger partial charge in [0.15, 0.2) is 5.76 Å². The summed E-state index contributed by atoms with van der Waals surface area (Å²) < 4.78 is 5.02. The van der Waals surface area contributed by atoms with Gasteiger partial charge in [-0.2, -0.15) is 0 Å². The van der Waals surface area contributed by atoms with Gasteiger partial charge in [-0.25, -0.2) is 0 Å². The molecule has 0 atom stereocenters. The van der Waals surface area contributed by atoms with Crippen molar-refractivity contribution in [2.45, 2.75) is 32.6 Å². The molecular formula is C21H26N2O3. The quantitative estimate of drug-likeness (QED) is 0.866. The second-order valence-corrected chi connectivity index (χ2v) is 7.01. The number of aryl methyl sites for hydroxylation is 2. The molecule has 1 fully saturated rings. The van der Waals surface area contributed by atoms with Crippen molar-refractivity contribution in [3.8, 4) is 0 Å². The van der Waals surface area contributed by atoms with Gasteiger partial charge in [-0.05, 0) is 56.2 Å². The van der Waals surface area contributed by atoms with Crippen molar-refractivity contribution in [2.24, 2.45) is 5.92 Å². The van der Waals surface area contributed by atoms with E-state index in [1.54, 1.807) is 12.1 Å². The molecule has 5 heteroatoms. The van der Waals surface area contributed by atoms with E-state index in [1.165, 1.54) is 23.8 Å². The van der Waals surface area contributed by atoms with E-state index in [0.29, 0.717) is 5.92 Å². The first-order valence-corrected chi connectivity index (χ1v) is 9.27. The summed E-state index contributed by atoms with van der Waals surface area (Å²) in [6, 6.07) is 12.0. The van der Waals surface area contributed by atoms with Crippen LogP contribution in [0.4, 0.5) is 0 Å². The largest absolute Gasteiger partial charge is 0.459 e. The Bertz CT molecular complexity index is 714. The molecule has 0 unspecified atom stereocenters. The highest BCUT2D eigenvalue weighted by Crippen LogP contribution is 2.22. The molecule has 5 nitrogen and oxygen atoms in total. The zero-order chi connectivity index (χ0) is 18.4. The van der Waals surface area contributed by atoms with Crippen molar-refractivity contribution in [3.05, 3.63) is 59.5 Å². The van der Waals surface area contributed by atoms with Crippen LogP contribution in [0.2, 0.25) is 0 Å². The third-order valence-corrected chi connectivity index (χ3v) is 5.07. The molecule has 2 heterocycles. The fourth-order valence-electron chi connectivity index (χ4n) is 3.36. The molecule has 0 spiro atoms. The molecule has 1 aliphatic rings. The number of amides is 2. The van der Waals surface area contributed by atoms with Crippen LogP contribution in [-0.4, -0.2) is 36.3 Å². The van der Waals surface area contributed by atoms with Crippen molar-refractivity contribution in [2.75, 3.05) is 19.6 Å². The van der Waals surface area contributed by atoms with Gasteiger partial charge in [0.1, 0.15) is 0 Å². The predicted molar refractivity (Wildman–Crippen MR) is 99.8 cm³/mol. The highest BCUT2D eigenvalue weighted by atomic mass is 16.3. The summed E-state index contributed by atoms with van der Waals surface area (Å²) in [7, 11) is 0. The van der Waals surface area contributed by atoms with Gasteiger partial charge in [0.05, 0.1) is 12.8 Å². The highest BCUT2D eigenvalue weighted by molar-refractivity contribution is 5.94. The molecule has 26 heavy (non-hydrogen) atoms. The van der Waals surface area contributed by atoms with E-state index >= 15 is 0 Å². The van der Waals surface area contributed by atoms with E-state index in [9.17, 15) is 9.59 Å². The molecule has 1 aromatic heterocycles. The summed E-state index contributed by atoms with van der Waals surface area (Å²) in [5.41, 5.74) is 2.68. The Kier molecular flexibility index (Phi) is 6.10. The number of carbonyl (C=O) groups is 2. The van der Waals surface area contributed by atoms with Gasteiger partial charge in [-0.3, -0.25) is 9.59 Å². The van der Waals surface area contributed by atoms with Crippen LogP contribution in [0.15, 0.2) is 47.1 Å². The van der Waals surface area contributed by atoms with Crippen molar-refractivity contribution < 1.29 is 14.0 Å². The number of piperidine rings is 1. The maximum absolute atomic E-state index is 12.3. The van der Waals surface area contributed by atoms with Crippen molar-refractivity contribution in [3.63, 3.8) is 0 Å². The van der Waals surface area contributed by atoms with Crippen LogP contribution in [0.25, 0.3) is 0 Å². The summed E-state index contributed by atoms with van der Waals surface area (Å²) in [6.45, 7) is 3.67. The van der Waals surface area contributed by atoms with E-state index < -0.39 is 0 Å². The van der Waals surface area contributed by atoms with E-state index in [0.717, 1.165) is 32.4 Å². The lowest BCUT2D eigenvalue weighted by molar-refractivity contribution is -0.131. The number of nitrogens with zero attached hydrogens (tertiary/aromatic N) is 1. The number of furan rings is 1. The van der Waals surface area contributed by atoms with Gasteiger partial charge in [0.2, 0.25) is 5.91 Å². The van der Waals surface area contributed by atoms with E-state index in [1.807, 2.05) is 4.90 Å². The minimum atomic E-state index is -0.351. The maximum atomic E-state index is 12.3. The molecule has 1 aromatic carbocycles. The van der Waals surface area contributed by atoms with Gasteiger partial charge in [-0.15, -0.1) is 0 Å². The third kappa shape index (κ3) is 4.97. The number of rotatable bonds is 6. The van der Waals surface area contributed by atoms with Crippen molar-refractivity contribution in [1.82, 2.24) is 10.2 Å². The Balaban J connectivity index is 1.36. The number of carbonyl (C=O) groups excluding carboxylic acids is 2. The average Bonchev–Trinajstić information content (AvgIpc) is 3.21. The molecule has 1 saturated heterocycles. The van der Waals surface area contributed by atoms with Gasteiger partial charge in [0.25, 0.3) is 5.91 Å². The first-order valence-electron chi connectivity index (χ1n) is 9.27. The molecule has 1 aliphatic heterocycles. The van der Waals surface area contributed by atoms with Crippen LogP contribution in [0, 0.1) is 12.8 Å². The Morgan fingerprint density at radius 3 is 2.54 bits per heavy atom. The number of benzene rings is 1. The minimum absolute atomic E-state index is 0.0214. The molecule has 1 N–H and O–H groups in total. The SMILES string of the molecule is Cc1ccc(CCC2CCN(C(=O)CNC(=O)c3ccco3)CC2)cc1. The van der Waals surface area contributed by atoms with Crippen LogP contribution in [-0.2, 0) is 11.2 Å². The lowest BCUT2D eigenvalue weighted by Crippen LogP contribution is -2.44. The van der Waals surface area contributed by atoms with Gasteiger partial charge in [0, 0.05) is 13.1 Å². The van der Waals surface area contributed by atoms with E-state index in [-0.39, 0.29) is 24.1 Å². The number of nitrogens with one attached hydrogen (secondary N) is 1. The predicted octanol–water partition coefficient (Wildman–Crippen LogP) is 3.19. The number of likely N-dealkylation sites (tertiary alicyclic amines) is 1. The number of hydrogen-bond acceptors (Lipinski definition) is 3. The normalized spacial score (nSPS) is 15.0. The topological polar surface area (TPSA) is 62.6 Å². The molecule has 138 valence electrons. The van der Waals surface area contributed by atoms with Crippen LogP contribution < -0.4 is 5.32 Å². The molecular weight excluding hydrogens is 328 g/mol. The third-order valence-electron chi connectivity index (χ3n) is 5.07. The van der Waals surface area contributed by atoms with Crippen molar-refractivity contribution in [1.29, 1.82) is 0 Å². The van der Waals surface area contributed by atoms with Gasteiger partial charge < -0.3 is 14.6 Å². The molecule has 2 amide bonds. The summed E-state index contributed by atoms with van der Waals surface area (Å²) in [6.07, 6.45) is 5.77. The molecule has 0 radical (unpaired) electrons. The van der Waals surface area contributed by atoms with Crippen LogP contribution in [0.5, 0.6) is 0 Å². The Hall–Kier alpha value is -2.56. The standard InChI is InChI=1S/C21H26N2O3/c1-16-4-6-17(7-5-16)8-9-18-10-12-23(13-11-18)20(24)15-22-21(25)19-3-2-14-26-19/h2-7,14,18H,8-13,15H2,1H3,(H,22,25). The summed E-state index contributed by atoms with van der Waals surface area (Å²) in [5.74, 6) is 0.518. The summed E-state index contributed by atoms with van der Waals surface area (Å²) in [5, 5.41) is 2.62. The molecule has 2 aromatic rings. The zero-order valence-electron chi connectivity index (χ0n) is 15.2. The van der Waals surface area contributed by atoms with Crippen LogP contribution >= 0.6 is 0 Å². The molecule has 0 aliphatic carbocycles. The first kappa shape index (κ1) is 18.2. The lowest BCUT2D eigenvalue weighted by atomic mass is 9.90. The van der Waals surface area contributed by atoms with Crippen molar-refractivity contribution >= 4 is 11.8 Å². The smallest absolute Gasteiger partial charge is 0.287 e. The molecule has 0 bridgehead atoms. The maximum Gasteiger partial charge on any atom is 0.287 e. The highest BCUT2D eigenvalue weighted by Gasteiger charge is 2.23. The average molecular weight is 354 g/mol. The molecule has 3 rings (SSSR count). The fourth-order valence-corrected chi connectivity index (χ4v) is 3.36. The minimum Gasteiger partial charge on any atom is -0.459 e. The monoisotopic (exact) mass is 354 g/mol. The van der Waals surface area contributed by atoms with E-state index in [4.69, 9.17) is 4.42 Å². The van der Waals surface area contributed by atoms with Gasteiger partial charge in [-0.1, -0.05) is 29.8 Å². The molecule has 0 saturated carbocycles. The Morgan fingerprint density at radius 1 is 1.15 bits per heavy atom.